The zero-order chi connectivity index (χ0) is 29.8. The van der Waals surface area contributed by atoms with Gasteiger partial charge in [-0.15, -0.1) is 0 Å². The Balaban J connectivity index is 1.42. The Labute approximate surface area is 241 Å². The third-order valence-electron chi connectivity index (χ3n) is 9.13. The molecule has 2 fully saturated rings. The van der Waals surface area contributed by atoms with Gasteiger partial charge in [0.05, 0.1) is 23.2 Å². The van der Waals surface area contributed by atoms with Crippen molar-refractivity contribution in [3.05, 3.63) is 52.5 Å². The minimum atomic E-state index is -4.48. The van der Waals surface area contributed by atoms with Crippen LogP contribution in [0.2, 0.25) is 0 Å². The lowest BCUT2D eigenvalue weighted by atomic mass is 9.77. The van der Waals surface area contributed by atoms with Crippen molar-refractivity contribution in [2.75, 3.05) is 33.4 Å². The summed E-state index contributed by atoms with van der Waals surface area (Å²) in [6.07, 6.45) is 6.73. The van der Waals surface area contributed by atoms with Gasteiger partial charge < -0.3 is 14.7 Å². The molecule has 2 aliphatic heterocycles. The van der Waals surface area contributed by atoms with Crippen LogP contribution in [0.1, 0.15) is 76.1 Å². The van der Waals surface area contributed by atoms with Gasteiger partial charge in [0.25, 0.3) is 0 Å². The number of aliphatic hydroxyl groups is 1. The Kier molecular flexibility index (Phi) is 9.76. The van der Waals surface area contributed by atoms with Gasteiger partial charge in [0, 0.05) is 63.5 Å². The molecule has 1 aliphatic carbocycles. The number of hydrogen-bond donors (Lipinski definition) is 1. The van der Waals surface area contributed by atoms with Gasteiger partial charge in [-0.3, -0.25) is 19.7 Å². The molecule has 41 heavy (non-hydrogen) atoms. The third-order valence-corrected chi connectivity index (χ3v) is 9.13. The SMILES string of the molecule is C\C=C(/C=N/C=C(\C)CC)C1(O)CCC(N2CCC(COC)(C(=O)N3CCc4ncc(C(F)(F)F)cc4C3)C2)CC1. The molecule has 3 heterocycles. The Bertz CT molecular complexity index is 1190. The van der Waals surface area contributed by atoms with E-state index in [2.05, 4.69) is 21.8 Å². The van der Waals surface area contributed by atoms with Crippen LogP contribution < -0.4 is 0 Å². The highest BCUT2D eigenvalue weighted by atomic mass is 19.4. The number of alkyl halides is 3. The van der Waals surface area contributed by atoms with Gasteiger partial charge in [-0.2, -0.15) is 13.2 Å². The molecule has 10 heteroatoms. The van der Waals surface area contributed by atoms with Crippen molar-refractivity contribution >= 4 is 12.1 Å². The normalized spacial score (nSPS) is 28.4. The van der Waals surface area contributed by atoms with Crippen LogP contribution in [0.15, 0.2) is 40.7 Å². The van der Waals surface area contributed by atoms with Crippen molar-refractivity contribution in [3.8, 4) is 0 Å². The monoisotopic (exact) mass is 576 g/mol. The fraction of sp³-hybridized carbons (Fsp3) is 0.645. The summed E-state index contributed by atoms with van der Waals surface area (Å²) in [6.45, 7) is 8.10. The second-order valence-corrected chi connectivity index (χ2v) is 11.9. The zero-order valence-electron chi connectivity index (χ0n) is 24.6. The molecule has 1 aromatic rings. The van der Waals surface area contributed by atoms with Crippen LogP contribution in [0, 0.1) is 5.41 Å². The van der Waals surface area contributed by atoms with Crippen molar-refractivity contribution in [2.45, 2.75) is 90.1 Å². The summed E-state index contributed by atoms with van der Waals surface area (Å²) in [5.74, 6) is -0.0694. The quantitative estimate of drug-likeness (QED) is 0.424. The molecule has 1 amide bonds. The van der Waals surface area contributed by atoms with E-state index in [0.29, 0.717) is 50.0 Å². The smallest absolute Gasteiger partial charge is 0.385 e. The Morgan fingerprint density at radius 2 is 2.00 bits per heavy atom. The van der Waals surface area contributed by atoms with E-state index in [0.717, 1.165) is 43.6 Å². The highest BCUT2D eigenvalue weighted by Crippen LogP contribution is 2.41. The lowest BCUT2D eigenvalue weighted by Gasteiger charge is -2.41. The molecule has 3 aliphatic rings. The number of hydrogen-bond acceptors (Lipinski definition) is 6. The molecule has 0 aromatic carbocycles. The highest BCUT2D eigenvalue weighted by Gasteiger charge is 2.49. The van der Waals surface area contributed by atoms with E-state index in [1.165, 1.54) is 5.57 Å². The number of aromatic nitrogens is 1. The molecule has 1 saturated carbocycles. The van der Waals surface area contributed by atoms with Crippen molar-refractivity contribution in [1.82, 2.24) is 14.8 Å². The molecule has 1 aromatic heterocycles. The predicted octanol–water partition coefficient (Wildman–Crippen LogP) is 5.33. The number of carbonyl (C=O) groups is 1. The number of ether oxygens (including phenoxy) is 1. The lowest BCUT2D eigenvalue weighted by Crippen LogP contribution is -2.51. The molecule has 0 bridgehead atoms. The molecule has 1 unspecified atom stereocenters. The molecule has 7 nitrogen and oxygen atoms in total. The van der Waals surface area contributed by atoms with Crippen molar-refractivity contribution in [2.24, 2.45) is 10.4 Å². The Morgan fingerprint density at radius 3 is 2.63 bits per heavy atom. The minimum Gasteiger partial charge on any atom is -0.385 e. The first-order valence-corrected chi connectivity index (χ1v) is 14.6. The van der Waals surface area contributed by atoms with Gasteiger partial charge >= 0.3 is 6.18 Å². The summed E-state index contributed by atoms with van der Waals surface area (Å²) >= 11 is 0. The van der Waals surface area contributed by atoms with Gasteiger partial charge in [-0.05, 0) is 76.1 Å². The van der Waals surface area contributed by atoms with E-state index in [9.17, 15) is 23.1 Å². The van der Waals surface area contributed by atoms with Crippen molar-refractivity contribution in [3.63, 3.8) is 0 Å². The predicted molar refractivity (Wildman–Crippen MR) is 152 cm³/mol. The van der Waals surface area contributed by atoms with Crippen LogP contribution in [0.4, 0.5) is 13.2 Å². The van der Waals surface area contributed by atoms with E-state index in [1.807, 2.05) is 26.1 Å². The van der Waals surface area contributed by atoms with E-state index < -0.39 is 22.8 Å². The summed E-state index contributed by atoms with van der Waals surface area (Å²) < 4.78 is 45.4. The minimum absolute atomic E-state index is 0.0694. The van der Waals surface area contributed by atoms with Gasteiger partial charge in [0.15, 0.2) is 0 Å². The number of pyridine rings is 1. The number of halogens is 3. The Morgan fingerprint density at radius 1 is 1.27 bits per heavy atom. The number of carbonyl (C=O) groups excluding carboxylic acids is 1. The standard InChI is InChI=1S/C31H43F3N4O3/c1-5-22(3)16-35-17-24(6-2)30(40)10-7-26(8-11-30)38-14-12-29(20-38,21-41-4)28(39)37-13-9-27-23(19-37)15-25(18-36-27)31(32,33)34/h6,15-18,26,40H,5,7-14,19-21H2,1-4H3/b22-16+,24-6+,35-17+. The Hall–Kier alpha value is -2.56. The number of fused-ring (bicyclic) bond motifs is 1. The van der Waals surface area contributed by atoms with E-state index in [4.69, 9.17) is 4.74 Å². The summed E-state index contributed by atoms with van der Waals surface area (Å²) in [4.78, 5) is 26.4. The number of amides is 1. The molecule has 1 N–H and O–H groups in total. The summed E-state index contributed by atoms with van der Waals surface area (Å²) in [5.41, 5.74) is 0.611. The molecule has 0 radical (unpaired) electrons. The zero-order valence-corrected chi connectivity index (χ0v) is 24.6. The largest absolute Gasteiger partial charge is 0.417 e. The topological polar surface area (TPSA) is 78.3 Å². The second-order valence-electron chi connectivity index (χ2n) is 11.9. The average molecular weight is 577 g/mol. The second kappa shape index (κ2) is 12.8. The fourth-order valence-corrected chi connectivity index (χ4v) is 6.47. The molecular formula is C31H43F3N4O3. The highest BCUT2D eigenvalue weighted by molar-refractivity contribution is 5.84. The number of aliphatic imine (C=N–C) groups is 1. The maximum atomic E-state index is 13.9. The summed E-state index contributed by atoms with van der Waals surface area (Å²) in [5, 5.41) is 11.5. The van der Waals surface area contributed by atoms with Crippen LogP contribution >= 0.6 is 0 Å². The molecule has 226 valence electrons. The molecule has 0 spiro atoms. The van der Waals surface area contributed by atoms with E-state index in [1.54, 1.807) is 18.2 Å². The van der Waals surface area contributed by atoms with Crippen molar-refractivity contribution < 1.29 is 27.8 Å². The van der Waals surface area contributed by atoms with E-state index >= 15 is 0 Å². The maximum Gasteiger partial charge on any atom is 0.417 e. The number of rotatable bonds is 8. The number of likely N-dealkylation sites (tertiary alicyclic amines) is 1. The number of methoxy groups -OCH3 is 1. The van der Waals surface area contributed by atoms with E-state index in [-0.39, 0.29) is 25.1 Å². The van der Waals surface area contributed by atoms with Gasteiger partial charge in [0.2, 0.25) is 5.91 Å². The number of allylic oxidation sites excluding steroid dienone is 2. The van der Waals surface area contributed by atoms with Gasteiger partial charge in [-0.25, -0.2) is 0 Å². The first-order valence-electron chi connectivity index (χ1n) is 14.6. The molecule has 1 saturated heterocycles. The molecule has 1 atom stereocenters. The first-order chi connectivity index (χ1) is 19.4. The number of nitrogens with zero attached hydrogens (tertiary/aromatic N) is 4. The van der Waals surface area contributed by atoms with Gasteiger partial charge in [0.1, 0.15) is 0 Å². The van der Waals surface area contributed by atoms with Crippen LogP contribution in [-0.4, -0.2) is 77.0 Å². The van der Waals surface area contributed by atoms with Crippen LogP contribution in [0.25, 0.3) is 0 Å². The van der Waals surface area contributed by atoms with Crippen LogP contribution in [0.5, 0.6) is 0 Å². The van der Waals surface area contributed by atoms with Crippen molar-refractivity contribution in [1.29, 1.82) is 0 Å². The van der Waals surface area contributed by atoms with Crippen LogP contribution in [-0.2, 0) is 28.7 Å². The third kappa shape index (κ3) is 6.92. The summed E-state index contributed by atoms with van der Waals surface area (Å²) in [7, 11) is 1.58. The first kappa shape index (κ1) is 31.4. The summed E-state index contributed by atoms with van der Waals surface area (Å²) in [6, 6.07) is 1.36. The fourth-order valence-electron chi connectivity index (χ4n) is 6.47. The maximum absolute atomic E-state index is 13.9. The van der Waals surface area contributed by atoms with Crippen LogP contribution in [0.3, 0.4) is 0 Å². The average Bonchev–Trinajstić information content (AvgIpc) is 3.39. The molecule has 4 rings (SSSR count). The molecular weight excluding hydrogens is 533 g/mol. The lowest BCUT2D eigenvalue weighted by molar-refractivity contribution is -0.146. The van der Waals surface area contributed by atoms with Gasteiger partial charge in [-0.1, -0.05) is 18.6 Å².